The molecule has 5 atom stereocenters. The lowest BCUT2D eigenvalue weighted by Gasteiger charge is -2.50. The number of primary amides is 1. The van der Waals surface area contributed by atoms with E-state index in [1.54, 1.807) is 13.0 Å². The van der Waals surface area contributed by atoms with Crippen LogP contribution in [0, 0.1) is 19.0 Å². The highest BCUT2D eigenvalue weighted by molar-refractivity contribution is 14.1. The van der Waals surface area contributed by atoms with Crippen molar-refractivity contribution in [3.8, 4) is 5.75 Å². The number of carbonyl (C=O) groups excluding carboxylic acids is 3. The van der Waals surface area contributed by atoms with E-state index < -0.39 is 76.0 Å². The normalized spacial score (nSPS) is 32.5. The van der Waals surface area contributed by atoms with E-state index in [9.17, 15) is 39.9 Å². The molecule has 0 spiro atoms. The number of nitrogens with two attached hydrogens (primary N) is 1. The van der Waals surface area contributed by atoms with E-state index in [0.717, 1.165) is 0 Å². The van der Waals surface area contributed by atoms with Crippen molar-refractivity contribution in [2.24, 2.45) is 17.6 Å². The van der Waals surface area contributed by atoms with Crippen LogP contribution in [0.25, 0.3) is 0 Å². The van der Waals surface area contributed by atoms with Gasteiger partial charge < -0.3 is 31.3 Å². The number of rotatable bonds is 1. The number of hydrogen-bond donors (Lipinski definition) is 6. The molecule has 1 aromatic carbocycles. The number of aliphatic hydroxyl groups is 4. The topological polar surface area (TPSA) is 178 Å². The van der Waals surface area contributed by atoms with Crippen molar-refractivity contribution in [2.75, 3.05) is 0 Å². The van der Waals surface area contributed by atoms with Crippen molar-refractivity contribution in [3.05, 3.63) is 47.0 Å². The highest BCUT2D eigenvalue weighted by Crippen LogP contribution is 2.55. The number of ketones is 2. The average molecular weight is 653 g/mol. The van der Waals surface area contributed by atoms with Crippen LogP contribution in [0.15, 0.2) is 28.7 Å². The lowest BCUT2D eigenvalue weighted by Crippen LogP contribution is -2.62. The molecule has 0 fully saturated rings. The Morgan fingerprint density at radius 3 is 2.39 bits per heavy atom. The number of aliphatic hydroxyl groups excluding tert-OH is 3. The zero-order valence-corrected chi connectivity index (χ0v) is 20.2. The van der Waals surface area contributed by atoms with Gasteiger partial charge in [-0.1, -0.05) is 6.92 Å². The minimum absolute atomic E-state index is 0.0763. The van der Waals surface area contributed by atoms with Gasteiger partial charge in [0.25, 0.3) is 5.91 Å². The first-order chi connectivity index (χ1) is 14.3. The van der Waals surface area contributed by atoms with Gasteiger partial charge in [-0.2, -0.15) is 0 Å². The van der Waals surface area contributed by atoms with Crippen LogP contribution < -0.4 is 5.73 Å². The maximum absolute atomic E-state index is 13.4. The summed E-state index contributed by atoms with van der Waals surface area (Å²) < 4.78 is 1.06. The minimum atomic E-state index is -2.82. The lowest BCUT2D eigenvalue weighted by atomic mass is 9.56. The molecule has 3 aliphatic rings. The number of allylic oxidation sites excluding steroid dienone is 1. The molecule has 0 aliphatic heterocycles. The molecule has 31 heavy (non-hydrogen) atoms. The van der Waals surface area contributed by atoms with Crippen LogP contribution in [-0.4, -0.2) is 54.7 Å². The summed E-state index contributed by atoms with van der Waals surface area (Å²) in [5.74, 6) is -8.54. The van der Waals surface area contributed by atoms with Crippen molar-refractivity contribution in [3.63, 3.8) is 0 Å². The Morgan fingerprint density at radius 1 is 1.19 bits per heavy atom. The van der Waals surface area contributed by atoms with Crippen molar-refractivity contribution < 1.29 is 39.9 Å². The van der Waals surface area contributed by atoms with Crippen LogP contribution in [0.2, 0.25) is 0 Å². The van der Waals surface area contributed by atoms with Gasteiger partial charge in [0.1, 0.15) is 22.8 Å². The molecule has 0 aromatic heterocycles. The maximum atomic E-state index is 13.4. The predicted molar refractivity (Wildman–Crippen MR) is 122 cm³/mol. The van der Waals surface area contributed by atoms with Gasteiger partial charge in [0.15, 0.2) is 11.4 Å². The fraction of sp³-hybridized carbons (Fsp3) is 0.350. The molecule has 1 aromatic rings. The Hall–Kier alpha value is -1.71. The number of halogens is 2. The molecule has 11 heteroatoms. The Morgan fingerprint density at radius 2 is 1.81 bits per heavy atom. The summed E-state index contributed by atoms with van der Waals surface area (Å²) in [4.78, 5) is 38.0. The number of benzene rings is 1. The molecular formula is C20H17I2NO8. The number of hydrogen-bond acceptors (Lipinski definition) is 8. The second kappa shape index (κ2) is 7.15. The molecule has 0 unspecified atom stereocenters. The first-order valence-electron chi connectivity index (χ1n) is 9.21. The number of Topliss-reactive ketones (excluding diaryl/α,β-unsaturated/α-hetero) is 2. The molecule has 7 N–H and O–H groups in total. The predicted octanol–water partition coefficient (Wildman–Crippen LogP) is 1.32. The van der Waals surface area contributed by atoms with Gasteiger partial charge in [0.2, 0.25) is 5.78 Å². The van der Waals surface area contributed by atoms with Gasteiger partial charge in [0.05, 0.1) is 15.2 Å². The van der Waals surface area contributed by atoms with E-state index in [0.29, 0.717) is 12.7 Å². The Bertz CT molecular complexity index is 1160. The van der Waals surface area contributed by atoms with Crippen molar-refractivity contribution in [2.45, 2.75) is 31.0 Å². The molecule has 1 amide bonds. The Labute approximate surface area is 202 Å². The number of aromatic hydroxyl groups is 1. The van der Waals surface area contributed by atoms with E-state index in [1.807, 2.05) is 45.2 Å². The summed E-state index contributed by atoms with van der Waals surface area (Å²) in [6.07, 6.45) is -2.03. The van der Waals surface area contributed by atoms with Gasteiger partial charge >= 0.3 is 0 Å². The standard InChI is InChI=1S/C20H17I2NO8/c1-4-9-6(21)3-7(22)15(26)12(9)16(27)13-10(4)14(25)5-2-8(24)11(19(23)30)17(28)20(5,31)18(13)29/h3-5,10,14,24-26,29,31H,2H2,1H3,(H2,23,30)/t4-,5+,10+,14+,20+/m0/s1. The van der Waals surface area contributed by atoms with E-state index >= 15 is 0 Å². The molecule has 4 rings (SSSR count). The molecule has 0 heterocycles. The summed E-state index contributed by atoms with van der Waals surface area (Å²) in [7, 11) is 0. The van der Waals surface area contributed by atoms with Crippen molar-refractivity contribution in [1.82, 2.24) is 0 Å². The summed E-state index contributed by atoms with van der Waals surface area (Å²) in [6.45, 7) is 1.69. The summed E-state index contributed by atoms with van der Waals surface area (Å²) in [6, 6.07) is 1.68. The van der Waals surface area contributed by atoms with Gasteiger partial charge in [-0.3, -0.25) is 14.4 Å². The molecule has 0 radical (unpaired) electrons. The largest absolute Gasteiger partial charge is 0.511 e. The Kier molecular flexibility index (Phi) is 5.18. The molecule has 0 bridgehead atoms. The number of phenols is 1. The number of fused-ring (bicyclic) bond motifs is 3. The molecule has 0 saturated heterocycles. The van der Waals surface area contributed by atoms with E-state index in [1.165, 1.54) is 0 Å². The van der Waals surface area contributed by atoms with E-state index in [-0.39, 0.29) is 11.3 Å². The zero-order chi connectivity index (χ0) is 23.2. The zero-order valence-electron chi connectivity index (χ0n) is 15.9. The van der Waals surface area contributed by atoms with Crippen molar-refractivity contribution >= 4 is 62.7 Å². The van der Waals surface area contributed by atoms with E-state index in [4.69, 9.17) is 5.73 Å². The highest BCUT2D eigenvalue weighted by Gasteiger charge is 2.64. The van der Waals surface area contributed by atoms with Crippen LogP contribution in [-0.2, 0) is 9.59 Å². The van der Waals surface area contributed by atoms with Gasteiger partial charge in [-0.05, 0) is 62.7 Å². The first kappa shape index (κ1) is 22.5. The van der Waals surface area contributed by atoms with Crippen LogP contribution in [0.4, 0.5) is 0 Å². The first-order valence-corrected chi connectivity index (χ1v) is 11.4. The monoisotopic (exact) mass is 653 g/mol. The van der Waals surface area contributed by atoms with Crippen LogP contribution in [0.5, 0.6) is 5.75 Å². The number of amides is 1. The van der Waals surface area contributed by atoms with E-state index in [2.05, 4.69) is 0 Å². The van der Waals surface area contributed by atoms with Gasteiger partial charge in [0, 0.05) is 27.4 Å². The summed E-state index contributed by atoms with van der Waals surface area (Å²) >= 11 is 3.87. The molecule has 164 valence electrons. The quantitative estimate of drug-likeness (QED) is 0.194. The summed E-state index contributed by atoms with van der Waals surface area (Å²) in [5, 5.41) is 54.1. The average Bonchev–Trinajstić information content (AvgIpc) is 2.67. The second-order valence-electron chi connectivity index (χ2n) is 7.97. The summed E-state index contributed by atoms with van der Waals surface area (Å²) in [5.41, 5.74) is 1.45. The SMILES string of the molecule is C[C@H]1c2c(I)cc(I)c(O)c2C(=O)C2=C(O)[C@]3(O)C(=O)C(C(N)=O)=C(O)C[C@@H]3[C@@H](O)[C@@H]21. The third kappa shape index (κ3) is 2.75. The maximum Gasteiger partial charge on any atom is 0.255 e. The smallest absolute Gasteiger partial charge is 0.255 e. The third-order valence-corrected chi connectivity index (χ3v) is 8.21. The van der Waals surface area contributed by atoms with Gasteiger partial charge in [-0.25, -0.2) is 0 Å². The highest BCUT2D eigenvalue weighted by atomic mass is 127. The molecular weight excluding hydrogens is 636 g/mol. The number of carbonyl (C=O) groups is 3. The molecule has 9 nitrogen and oxygen atoms in total. The third-order valence-electron chi connectivity index (χ3n) is 6.50. The molecule has 0 saturated carbocycles. The van der Waals surface area contributed by atoms with Gasteiger partial charge in [-0.15, -0.1) is 0 Å². The fourth-order valence-electron chi connectivity index (χ4n) is 5.06. The van der Waals surface area contributed by atoms with Crippen LogP contribution in [0.3, 0.4) is 0 Å². The van der Waals surface area contributed by atoms with Crippen LogP contribution >= 0.6 is 45.2 Å². The molecule has 3 aliphatic carbocycles. The minimum Gasteiger partial charge on any atom is -0.511 e. The second-order valence-corrected chi connectivity index (χ2v) is 10.3. The Balaban J connectivity index is 2.03. The van der Waals surface area contributed by atoms with Crippen molar-refractivity contribution in [1.29, 1.82) is 0 Å². The number of phenolic OH excluding ortho intramolecular Hbond substituents is 1. The lowest BCUT2D eigenvalue weighted by molar-refractivity contribution is -0.154. The van der Waals surface area contributed by atoms with Crippen LogP contribution in [0.1, 0.15) is 35.2 Å². The fourth-order valence-corrected chi connectivity index (χ4v) is 7.30.